The molecule has 1 aromatic carbocycles. The van der Waals surface area contributed by atoms with Crippen molar-refractivity contribution in [2.45, 2.75) is 19.4 Å². The summed E-state index contributed by atoms with van der Waals surface area (Å²) in [6.45, 7) is 7.32. The summed E-state index contributed by atoms with van der Waals surface area (Å²) in [7, 11) is 1.97. The van der Waals surface area contributed by atoms with Crippen LogP contribution in [0.3, 0.4) is 0 Å². The third-order valence-corrected chi connectivity index (χ3v) is 3.88. The molecule has 0 aromatic heterocycles. The molecule has 4 heteroatoms. The third-order valence-electron chi connectivity index (χ3n) is 3.88. The Morgan fingerprint density at radius 1 is 1.37 bits per heavy atom. The SMILES string of the molecule is CNC(CCN1CCNCC1)c1ccc(F)c(C)c1. The Hall–Kier alpha value is -0.970. The highest BCUT2D eigenvalue weighted by Gasteiger charge is 2.14. The number of benzene rings is 1. The number of halogens is 1. The molecule has 0 aliphatic carbocycles. The molecule has 1 atom stereocenters. The van der Waals surface area contributed by atoms with E-state index in [0.717, 1.165) is 44.7 Å². The summed E-state index contributed by atoms with van der Waals surface area (Å²) in [4.78, 5) is 2.48. The van der Waals surface area contributed by atoms with E-state index in [1.165, 1.54) is 5.56 Å². The van der Waals surface area contributed by atoms with Crippen LogP contribution < -0.4 is 10.6 Å². The molecule has 0 amide bonds. The van der Waals surface area contributed by atoms with Crippen molar-refractivity contribution in [2.75, 3.05) is 39.8 Å². The zero-order valence-corrected chi connectivity index (χ0v) is 11.9. The van der Waals surface area contributed by atoms with Crippen molar-refractivity contribution in [3.05, 3.63) is 35.1 Å². The van der Waals surface area contributed by atoms with Gasteiger partial charge in [-0.3, -0.25) is 0 Å². The van der Waals surface area contributed by atoms with Crippen molar-refractivity contribution in [3.8, 4) is 0 Å². The summed E-state index contributed by atoms with van der Waals surface area (Å²) in [5.41, 5.74) is 1.90. The van der Waals surface area contributed by atoms with Gasteiger partial charge in [-0.2, -0.15) is 0 Å². The Morgan fingerprint density at radius 3 is 2.74 bits per heavy atom. The summed E-state index contributed by atoms with van der Waals surface area (Å²) < 4.78 is 13.3. The maximum absolute atomic E-state index is 13.3. The zero-order chi connectivity index (χ0) is 13.7. The summed E-state index contributed by atoms with van der Waals surface area (Å²) in [5.74, 6) is -0.124. The van der Waals surface area contributed by atoms with E-state index in [2.05, 4.69) is 15.5 Å². The van der Waals surface area contributed by atoms with Crippen molar-refractivity contribution in [1.29, 1.82) is 0 Å². The van der Waals surface area contributed by atoms with Crippen molar-refractivity contribution in [1.82, 2.24) is 15.5 Å². The lowest BCUT2D eigenvalue weighted by Crippen LogP contribution is -2.44. The van der Waals surface area contributed by atoms with Crippen LogP contribution in [-0.4, -0.2) is 44.7 Å². The number of nitrogens with one attached hydrogen (secondary N) is 2. The maximum Gasteiger partial charge on any atom is 0.126 e. The van der Waals surface area contributed by atoms with Gasteiger partial charge in [-0.1, -0.05) is 12.1 Å². The standard InChI is InChI=1S/C15H24FN3/c1-12-11-13(3-4-14(12)16)15(17-2)5-8-19-9-6-18-7-10-19/h3-4,11,15,17-18H,5-10H2,1-2H3. The molecule has 1 fully saturated rings. The van der Waals surface area contributed by atoms with E-state index in [9.17, 15) is 4.39 Å². The third kappa shape index (κ3) is 4.00. The van der Waals surface area contributed by atoms with Crippen molar-refractivity contribution in [3.63, 3.8) is 0 Å². The molecule has 1 heterocycles. The molecule has 1 aliphatic rings. The average molecular weight is 265 g/mol. The minimum Gasteiger partial charge on any atom is -0.314 e. The molecule has 2 rings (SSSR count). The molecule has 1 aromatic rings. The van der Waals surface area contributed by atoms with E-state index in [1.54, 1.807) is 6.07 Å². The molecule has 0 spiro atoms. The molecule has 1 aliphatic heterocycles. The van der Waals surface area contributed by atoms with Gasteiger partial charge in [-0.05, 0) is 37.6 Å². The lowest BCUT2D eigenvalue weighted by atomic mass is 10.0. The highest BCUT2D eigenvalue weighted by atomic mass is 19.1. The van der Waals surface area contributed by atoms with Crippen LogP contribution in [0.4, 0.5) is 4.39 Å². The number of rotatable bonds is 5. The normalized spacial score (nSPS) is 18.5. The second kappa shape index (κ2) is 6.98. The van der Waals surface area contributed by atoms with Gasteiger partial charge in [0.15, 0.2) is 0 Å². The first-order valence-corrected chi connectivity index (χ1v) is 7.07. The van der Waals surface area contributed by atoms with E-state index >= 15 is 0 Å². The van der Waals surface area contributed by atoms with Gasteiger partial charge in [0.1, 0.15) is 5.82 Å². The van der Waals surface area contributed by atoms with Crippen LogP contribution in [0.25, 0.3) is 0 Å². The van der Waals surface area contributed by atoms with Gasteiger partial charge in [0.05, 0.1) is 0 Å². The molecular weight excluding hydrogens is 241 g/mol. The Morgan fingerprint density at radius 2 is 2.11 bits per heavy atom. The molecule has 0 saturated carbocycles. The molecular formula is C15H24FN3. The smallest absolute Gasteiger partial charge is 0.126 e. The van der Waals surface area contributed by atoms with Gasteiger partial charge in [-0.15, -0.1) is 0 Å². The van der Waals surface area contributed by atoms with Crippen LogP contribution in [0.5, 0.6) is 0 Å². The van der Waals surface area contributed by atoms with Gasteiger partial charge in [-0.25, -0.2) is 4.39 Å². The van der Waals surface area contributed by atoms with Gasteiger partial charge in [0.2, 0.25) is 0 Å². The van der Waals surface area contributed by atoms with Gasteiger partial charge < -0.3 is 15.5 Å². The number of nitrogens with zero attached hydrogens (tertiary/aromatic N) is 1. The lowest BCUT2D eigenvalue weighted by Gasteiger charge is -2.29. The average Bonchev–Trinajstić information content (AvgIpc) is 2.44. The van der Waals surface area contributed by atoms with Gasteiger partial charge >= 0.3 is 0 Å². The molecule has 1 unspecified atom stereocenters. The first kappa shape index (κ1) is 14.4. The highest BCUT2D eigenvalue weighted by molar-refractivity contribution is 5.26. The minimum atomic E-state index is -0.124. The number of hydrogen-bond donors (Lipinski definition) is 2. The molecule has 0 bridgehead atoms. The zero-order valence-electron chi connectivity index (χ0n) is 11.9. The predicted molar refractivity (Wildman–Crippen MR) is 76.9 cm³/mol. The minimum absolute atomic E-state index is 0.124. The van der Waals surface area contributed by atoms with Gasteiger partial charge in [0.25, 0.3) is 0 Å². The van der Waals surface area contributed by atoms with Crippen LogP contribution >= 0.6 is 0 Å². The second-order valence-corrected chi connectivity index (χ2v) is 5.23. The predicted octanol–water partition coefficient (Wildman–Crippen LogP) is 1.69. The lowest BCUT2D eigenvalue weighted by molar-refractivity contribution is 0.229. The Balaban J connectivity index is 1.93. The fourth-order valence-corrected chi connectivity index (χ4v) is 2.61. The van der Waals surface area contributed by atoms with Crippen molar-refractivity contribution < 1.29 is 4.39 Å². The van der Waals surface area contributed by atoms with Gasteiger partial charge in [0, 0.05) is 38.8 Å². The van der Waals surface area contributed by atoms with Crippen molar-refractivity contribution in [2.24, 2.45) is 0 Å². The van der Waals surface area contributed by atoms with E-state index in [4.69, 9.17) is 0 Å². The van der Waals surface area contributed by atoms with Crippen LogP contribution in [0.2, 0.25) is 0 Å². The monoisotopic (exact) mass is 265 g/mol. The van der Waals surface area contributed by atoms with E-state index in [0.29, 0.717) is 6.04 Å². The summed E-state index contributed by atoms with van der Waals surface area (Å²) in [6, 6.07) is 5.71. The Kier molecular flexibility index (Phi) is 5.31. The van der Waals surface area contributed by atoms with Crippen LogP contribution in [0.1, 0.15) is 23.6 Å². The summed E-state index contributed by atoms with van der Waals surface area (Å²) >= 11 is 0. The van der Waals surface area contributed by atoms with Crippen LogP contribution in [0.15, 0.2) is 18.2 Å². The summed E-state index contributed by atoms with van der Waals surface area (Å²) in [5, 5.41) is 6.70. The number of hydrogen-bond acceptors (Lipinski definition) is 3. The molecule has 106 valence electrons. The second-order valence-electron chi connectivity index (χ2n) is 5.23. The molecule has 19 heavy (non-hydrogen) atoms. The fraction of sp³-hybridized carbons (Fsp3) is 0.600. The van der Waals surface area contributed by atoms with E-state index in [-0.39, 0.29) is 5.82 Å². The first-order chi connectivity index (χ1) is 9.20. The molecule has 0 radical (unpaired) electrons. The van der Waals surface area contributed by atoms with E-state index < -0.39 is 0 Å². The van der Waals surface area contributed by atoms with Crippen LogP contribution in [0, 0.1) is 12.7 Å². The van der Waals surface area contributed by atoms with Crippen LogP contribution in [-0.2, 0) is 0 Å². The maximum atomic E-state index is 13.3. The fourth-order valence-electron chi connectivity index (χ4n) is 2.61. The highest BCUT2D eigenvalue weighted by Crippen LogP contribution is 2.19. The molecule has 1 saturated heterocycles. The first-order valence-electron chi connectivity index (χ1n) is 7.07. The number of piperazine rings is 1. The number of aryl methyl sites for hydroxylation is 1. The van der Waals surface area contributed by atoms with E-state index in [1.807, 2.05) is 26.1 Å². The Bertz CT molecular complexity index is 402. The summed E-state index contributed by atoms with van der Waals surface area (Å²) in [6.07, 6.45) is 1.06. The van der Waals surface area contributed by atoms with Crippen molar-refractivity contribution >= 4 is 0 Å². The largest absolute Gasteiger partial charge is 0.314 e. The topological polar surface area (TPSA) is 27.3 Å². The molecule has 2 N–H and O–H groups in total. The quantitative estimate of drug-likeness (QED) is 0.848. The molecule has 3 nitrogen and oxygen atoms in total. The Labute approximate surface area is 115 Å².